The zero-order chi connectivity index (χ0) is 37.0. The van der Waals surface area contributed by atoms with Crippen molar-refractivity contribution in [2.24, 2.45) is 9.98 Å². The SMILES string of the molecule is c1ccc(-c2ccccc2-c2nnnc(-c3ccc4c(c3-c3ccccc3)-c3c5c(ccc3=N4)=c3ccccc3=N5)c2-c2ccccc2-c2ccccc2)cc1. The molecule has 0 amide bonds. The Hall–Kier alpha value is -7.63. The van der Waals surface area contributed by atoms with Crippen LogP contribution in [0.5, 0.6) is 0 Å². The summed E-state index contributed by atoms with van der Waals surface area (Å²) in [5.41, 5.74) is 15.7. The van der Waals surface area contributed by atoms with Gasteiger partial charge in [-0.1, -0.05) is 158 Å². The maximum absolute atomic E-state index is 5.23. The highest BCUT2D eigenvalue weighted by molar-refractivity contribution is 6.07. The molecule has 0 spiro atoms. The van der Waals surface area contributed by atoms with Gasteiger partial charge in [-0.15, -0.1) is 10.2 Å². The summed E-state index contributed by atoms with van der Waals surface area (Å²) in [7, 11) is 0. The monoisotopic (exact) mass is 713 g/mol. The molecule has 0 unspecified atom stereocenters. The van der Waals surface area contributed by atoms with Gasteiger partial charge in [0, 0.05) is 43.8 Å². The Kier molecular flexibility index (Phi) is 7.42. The van der Waals surface area contributed by atoms with Crippen LogP contribution in [0, 0.1) is 10.4 Å². The van der Waals surface area contributed by atoms with Gasteiger partial charge in [-0.2, -0.15) is 0 Å². The topological polar surface area (TPSA) is 63.4 Å². The molecule has 0 bridgehead atoms. The third kappa shape index (κ3) is 5.06. The highest BCUT2D eigenvalue weighted by Gasteiger charge is 2.30. The third-order valence-electron chi connectivity index (χ3n) is 10.9. The smallest absolute Gasteiger partial charge is 0.105 e. The molecule has 9 aromatic rings. The summed E-state index contributed by atoms with van der Waals surface area (Å²) < 4.78 is 0. The van der Waals surface area contributed by atoms with Crippen molar-refractivity contribution in [1.82, 2.24) is 15.4 Å². The second-order valence-corrected chi connectivity index (χ2v) is 14.0. The van der Waals surface area contributed by atoms with Crippen LogP contribution < -0.4 is 10.7 Å². The number of rotatable bonds is 6. The van der Waals surface area contributed by atoms with E-state index in [9.17, 15) is 0 Å². The predicted molar refractivity (Wildman–Crippen MR) is 224 cm³/mol. The molecule has 0 N–H and O–H groups in total. The lowest BCUT2D eigenvalue weighted by Crippen LogP contribution is -2.04. The Morgan fingerprint density at radius 3 is 1.54 bits per heavy atom. The lowest BCUT2D eigenvalue weighted by molar-refractivity contribution is 0.879. The van der Waals surface area contributed by atoms with Crippen LogP contribution in [-0.4, -0.2) is 15.4 Å². The molecule has 1 aromatic heterocycles. The first-order valence-electron chi connectivity index (χ1n) is 18.8. The van der Waals surface area contributed by atoms with Crippen LogP contribution in [0.15, 0.2) is 198 Å². The average Bonchev–Trinajstić information content (AvgIpc) is 3.85. The zero-order valence-corrected chi connectivity index (χ0v) is 30.1. The van der Waals surface area contributed by atoms with E-state index >= 15 is 0 Å². The van der Waals surface area contributed by atoms with Gasteiger partial charge in [-0.25, -0.2) is 9.98 Å². The molecule has 8 aromatic carbocycles. The number of aromatic nitrogens is 3. The fraction of sp³-hybridized carbons (Fsp3) is 0. The molecule has 0 saturated carbocycles. The summed E-state index contributed by atoms with van der Waals surface area (Å²) in [5.74, 6) is 0. The largest absolute Gasteiger partial charge is 0.248 e. The van der Waals surface area contributed by atoms with Gasteiger partial charge in [0.15, 0.2) is 0 Å². The molecule has 3 heterocycles. The minimum absolute atomic E-state index is 0.740. The third-order valence-corrected chi connectivity index (χ3v) is 10.9. The van der Waals surface area contributed by atoms with Crippen molar-refractivity contribution in [2.45, 2.75) is 0 Å². The summed E-state index contributed by atoms with van der Waals surface area (Å²) in [4.78, 5) is 10.4. The Morgan fingerprint density at radius 2 is 0.839 bits per heavy atom. The van der Waals surface area contributed by atoms with Gasteiger partial charge in [0.25, 0.3) is 0 Å². The van der Waals surface area contributed by atoms with Gasteiger partial charge in [-0.05, 0) is 68.9 Å². The van der Waals surface area contributed by atoms with Crippen molar-refractivity contribution >= 4 is 11.4 Å². The lowest BCUT2D eigenvalue weighted by Gasteiger charge is -2.21. The highest BCUT2D eigenvalue weighted by Crippen LogP contribution is 2.52. The van der Waals surface area contributed by atoms with E-state index in [2.05, 4.69) is 181 Å². The molecule has 0 fully saturated rings. The number of nitrogens with zero attached hydrogens (tertiary/aromatic N) is 5. The second kappa shape index (κ2) is 13.0. The molecule has 2 aliphatic heterocycles. The van der Waals surface area contributed by atoms with Crippen molar-refractivity contribution in [3.63, 3.8) is 0 Å². The predicted octanol–water partition coefficient (Wildman–Crippen LogP) is 11.4. The molecule has 5 nitrogen and oxygen atoms in total. The van der Waals surface area contributed by atoms with Crippen LogP contribution >= 0.6 is 0 Å². The number of hydrogen-bond acceptors (Lipinski definition) is 5. The number of hydrogen-bond donors (Lipinski definition) is 0. The van der Waals surface area contributed by atoms with Gasteiger partial charge >= 0.3 is 0 Å². The van der Waals surface area contributed by atoms with E-state index < -0.39 is 0 Å². The van der Waals surface area contributed by atoms with Gasteiger partial charge in [0.1, 0.15) is 11.4 Å². The lowest BCUT2D eigenvalue weighted by atomic mass is 9.83. The van der Waals surface area contributed by atoms with E-state index in [0.717, 1.165) is 111 Å². The zero-order valence-electron chi connectivity index (χ0n) is 30.1. The molecule has 0 saturated heterocycles. The van der Waals surface area contributed by atoms with Crippen molar-refractivity contribution in [2.75, 3.05) is 0 Å². The van der Waals surface area contributed by atoms with Crippen LogP contribution in [0.2, 0.25) is 0 Å². The number of para-hydroxylation sites is 1. The van der Waals surface area contributed by atoms with E-state index in [-0.39, 0.29) is 0 Å². The van der Waals surface area contributed by atoms with Crippen molar-refractivity contribution in [3.05, 3.63) is 209 Å². The van der Waals surface area contributed by atoms with Gasteiger partial charge in [0.2, 0.25) is 0 Å². The minimum Gasteiger partial charge on any atom is -0.248 e. The summed E-state index contributed by atoms with van der Waals surface area (Å²) in [6.45, 7) is 0. The molecule has 56 heavy (non-hydrogen) atoms. The van der Waals surface area contributed by atoms with Crippen LogP contribution in [0.4, 0.5) is 11.4 Å². The van der Waals surface area contributed by atoms with Crippen LogP contribution in [0.3, 0.4) is 0 Å². The summed E-state index contributed by atoms with van der Waals surface area (Å²) in [6.07, 6.45) is 0. The second-order valence-electron chi connectivity index (χ2n) is 14.0. The van der Waals surface area contributed by atoms with Crippen LogP contribution in [0.25, 0.3) is 78.1 Å². The minimum atomic E-state index is 0.740. The maximum Gasteiger partial charge on any atom is 0.105 e. The number of benzene rings is 8. The molecule has 0 radical (unpaired) electrons. The van der Waals surface area contributed by atoms with Crippen molar-refractivity contribution in [3.8, 4) is 78.1 Å². The van der Waals surface area contributed by atoms with E-state index in [1.165, 1.54) is 0 Å². The van der Waals surface area contributed by atoms with E-state index in [4.69, 9.17) is 20.2 Å². The van der Waals surface area contributed by atoms with Crippen molar-refractivity contribution < 1.29 is 0 Å². The first-order chi connectivity index (χ1) is 27.8. The van der Waals surface area contributed by atoms with Crippen LogP contribution in [0.1, 0.15) is 0 Å². The summed E-state index contributed by atoms with van der Waals surface area (Å²) in [5, 5.41) is 18.6. The Labute approximate surface area is 323 Å². The first kappa shape index (κ1) is 31.9. The van der Waals surface area contributed by atoms with Crippen molar-refractivity contribution in [1.29, 1.82) is 0 Å². The number of fused-ring (bicyclic) bond motifs is 6. The maximum atomic E-state index is 5.23. The molecule has 0 atom stereocenters. The van der Waals surface area contributed by atoms with E-state index in [0.29, 0.717) is 0 Å². The fourth-order valence-corrected chi connectivity index (χ4v) is 8.43. The quantitative estimate of drug-likeness (QED) is 0.172. The molecular formula is C51H31N5. The molecule has 260 valence electrons. The Morgan fingerprint density at radius 1 is 0.286 bits per heavy atom. The van der Waals surface area contributed by atoms with Gasteiger partial charge in [0.05, 0.1) is 22.1 Å². The van der Waals surface area contributed by atoms with E-state index in [1.54, 1.807) is 0 Å². The van der Waals surface area contributed by atoms with Gasteiger partial charge < -0.3 is 0 Å². The fourth-order valence-electron chi connectivity index (χ4n) is 8.43. The molecule has 2 aliphatic rings. The van der Waals surface area contributed by atoms with E-state index in [1.807, 2.05) is 12.1 Å². The Bertz CT molecular complexity index is 3240. The van der Waals surface area contributed by atoms with Gasteiger partial charge in [-0.3, -0.25) is 0 Å². The molecular weight excluding hydrogens is 683 g/mol. The highest BCUT2D eigenvalue weighted by atomic mass is 15.3. The standard InChI is InChI=1S/C51H31N5/c1-4-16-32(17-5-1)35-22-10-12-25-38(35)46-50(39-26-13-11-23-36(39)33-18-6-2-7-19-33)54-56-55-51(46)41-29-31-43-47(45(41)34-20-8-3-9-21-34)48-44(52-43)30-28-40-37-24-14-15-27-42(37)53-49(40)48/h1-31H. The summed E-state index contributed by atoms with van der Waals surface area (Å²) >= 11 is 0. The average molecular weight is 714 g/mol. The first-order valence-corrected chi connectivity index (χ1v) is 18.8. The Balaban J connectivity index is 1.26. The molecule has 5 heteroatoms. The molecule has 0 aliphatic carbocycles. The van der Waals surface area contributed by atoms with Crippen LogP contribution in [-0.2, 0) is 0 Å². The summed E-state index contributed by atoms with van der Waals surface area (Å²) in [6, 6.07) is 65.5. The normalized spacial score (nSPS) is 11.9. The molecule has 11 rings (SSSR count).